The van der Waals surface area contributed by atoms with Crippen molar-refractivity contribution in [2.75, 3.05) is 0 Å². The van der Waals surface area contributed by atoms with Crippen LogP contribution in [0.15, 0.2) is 47.7 Å². The van der Waals surface area contributed by atoms with Gasteiger partial charge in [0.05, 0.1) is 0 Å². The number of hydrogen-bond acceptors (Lipinski definition) is 0. The van der Waals surface area contributed by atoms with E-state index >= 15 is 0 Å². The average Bonchev–Trinajstić information content (AvgIpc) is 3.11. The molecule has 0 saturated heterocycles. The first-order chi connectivity index (χ1) is 9.38. The largest absolute Gasteiger partial charge is 0.206 e. The summed E-state index contributed by atoms with van der Waals surface area (Å²) in [4.78, 5) is 0. The van der Waals surface area contributed by atoms with Crippen LogP contribution in [-0.2, 0) is 0 Å². The molecule has 0 unspecified atom stereocenters. The molecular formula is C17H23ClSi. The van der Waals surface area contributed by atoms with E-state index in [0.717, 1.165) is 18.3 Å². The number of hydrogen-bond donors (Lipinski definition) is 0. The summed E-state index contributed by atoms with van der Waals surface area (Å²) in [6.07, 6.45) is 24.7. The van der Waals surface area contributed by atoms with Crippen molar-refractivity contribution in [3.63, 3.8) is 0 Å². The molecule has 0 atom stereocenters. The van der Waals surface area contributed by atoms with Crippen molar-refractivity contribution in [2.45, 2.75) is 44.9 Å². The van der Waals surface area contributed by atoms with E-state index in [-0.39, 0.29) is 0 Å². The molecule has 19 heavy (non-hydrogen) atoms. The van der Waals surface area contributed by atoms with Crippen LogP contribution in [0.2, 0.25) is 0 Å². The highest BCUT2D eigenvalue weighted by molar-refractivity contribution is 6.97. The first-order valence-corrected chi connectivity index (χ1v) is 9.40. The van der Waals surface area contributed by atoms with Gasteiger partial charge in [-0.05, 0) is 56.8 Å². The summed E-state index contributed by atoms with van der Waals surface area (Å²) in [5.74, 6) is 1.68. The van der Waals surface area contributed by atoms with Gasteiger partial charge >= 0.3 is 0 Å². The molecule has 0 spiro atoms. The lowest BCUT2D eigenvalue weighted by Gasteiger charge is -2.06. The zero-order valence-electron chi connectivity index (χ0n) is 11.5. The topological polar surface area (TPSA) is 0 Å². The summed E-state index contributed by atoms with van der Waals surface area (Å²) in [6.45, 7) is 0. The molecule has 2 heteroatoms. The van der Waals surface area contributed by atoms with Crippen LogP contribution in [0.1, 0.15) is 44.9 Å². The molecule has 0 aliphatic heterocycles. The lowest BCUT2D eigenvalue weighted by molar-refractivity contribution is 0.578. The molecule has 102 valence electrons. The Bertz CT molecular complexity index is 363. The molecule has 0 N–H and O–H groups in total. The van der Waals surface area contributed by atoms with Crippen molar-refractivity contribution in [1.82, 2.24) is 0 Å². The number of halogens is 1. The maximum absolute atomic E-state index is 6.06. The summed E-state index contributed by atoms with van der Waals surface area (Å²) in [5.41, 5.74) is 0. The highest BCUT2D eigenvalue weighted by Crippen LogP contribution is 2.23. The molecule has 0 saturated carbocycles. The minimum Gasteiger partial charge on any atom is -0.165 e. The summed E-state index contributed by atoms with van der Waals surface area (Å²) >= 11 is 6.06. The van der Waals surface area contributed by atoms with Gasteiger partial charge in [0.25, 0.3) is 0 Å². The van der Waals surface area contributed by atoms with E-state index in [9.17, 15) is 0 Å². The summed E-state index contributed by atoms with van der Waals surface area (Å²) in [7, 11) is 0.440. The molecule has 0 aromatic rings. The molecule has 0 aromatic carbocycles. The molecule has 0 heterocycles. The predicted molar refractivity (Wildman–Crippen MR) is 86.4 cm³/mol. The van der Waals surface area contributed by atoms with Gasteiger partial charge in [0, 0.05) is 0 Å². The van der Waals surface area contributed by atoms with Crippen LogP contribution < -0.4 is 0 Å². The van der Waals surface area contributed by atoms with Crippen LogP contribution in [0.3, 0.4) is 0 Å². The maximum atomic E-state index is 6.06. The Labute approximate surface area is 124 Å². The van der Waals surface area contributed by atoms with Gasteiger partial charge in [-0.1, -0.05) is 47.7 Å². The molecule has 2 aliphatic carbocycles. The predicted octanol–water partition coefficient (Wildman–Crippen LogP) is 5.39. The third kappa shape index (κ3) is 5.54. The van der Waals surface area contributed by atoms with E-state index in [1.54, 1.807) is 0 Å². The van der Waals surface area contributed by atoms with Crippen molar-refractivity contribution < 1.29 is 0 Å². The Morgan fingerprint density at radius 2 is 1.53 bits per heavy atom. The van der Waals surface area contributed by atoms with Gasteiger partial charge in [-0.25, -0.2) is 0 Å². The van der Waals surface area contributed by atoms with Crippen molar-refractivity contribution in [2.24, 2.45) is 11.8 Å². The fourth-order valence-electron chi connectivity index (χ4n) is 2.70. The van der Waals surface area contributed by atoms with Gasteiger partial charge in [0.15, 0.2) is 0 Å². The fraction of sp³-hybridized carbons (Fsp3) is 0.529. The van der Waals surface area contributed by atoms with Gasteiger partial charge in [0.2, 0.25) is 8.83 Å². The molecule has 0 nitrogen and oxygen atoms in total. The Balaban J connectivity index is 1.65. The van der Waals surface area contributed by atoms with Gasteiger partial charge in [-0.3, -0.25) is 0 Å². The van der Waals surface area contributed by atoms with Crippen LogP contribution in [0.4, 0.5) is 0 Å². The van der Waals surface area contributed by atoms with E-state index in [1.165, 1.54) is 43.7 Å². The van der Waals surface area contributed by atoms with Crippen LogP contribution in [-0.4, -0.2) is 8.83 Å². The zero-order chi connectivity index (χ0) is 13.3. The van der Waals surface area contributed by atoms with E-state index in [0.29, 0.717) is 8.83 Å². The van der Waals surface area contributed by atoms with Crippen LogP contribution in [0, 0.1) is 11.8 Å². The quantitative estimate of drug-likeness (QED) is 0.335. The minimum absolute atomic E-state index is 0.440. The first-order valence-electron chi connectivity index (χ1n) is 7.39. The second-order valence-corrected chi connectivity index (χ2v) is 6.99. The summed E-state index contributed by atoms with van der Waals surface area (Å²) in [5, 5.41) is 1.41. The summed E-state index contributed by atoms with van der Waals surface area (Å²) < 4.78 is 0. The number of allylic oxidation sites excluding steroid dienone is 8. The second kappa shape index (κ2) is 8.60. The molecule has 2 aliphatic rings. The number of rotatable bonds is 7. The standard InChI is InChI=1S/C17H23ClSi/c18-19-17(14-13-16-10-3-4-11-16)12-6-5-9-15-7-1-2-8-15/h1-6,14-16H,7-13H2. The maximum Gasteiger partial charge on any atom is 0.206 e. The molecule has 2 radical (unpaired) electrons. The molecule has 0 aromatic heterocycles. The van der Waals surface area contributed by atoms with E-state index in [4.69, 9.17) is 11.1 Å². The molecule has 0 bridgehead atoms. The van der Waals surface area contributed by atoms with Crippen LogP contribution in [0.25, 0.3) is 0 Å². The average molecular weight is 291 g/mol. The third-order valence-corrected chi connectivity index (χ3v) is 5.38. The van der Waals surface area contributed by atoms with Gasteiger partial charge in [0.1, 0.15) is 0 Å². The van der Waals surface area contributed by atoms with Crippen molar-refractivity contribution in [1.29, 1.82) is 0 Å². The SMILES string of the molecule is Cl[Si]C(=CCC1CC=CC1)CC=CCC1CC=CC1. The van der Waals surface area contributed by atoms with Crippen LogP contribution in [0.5, 0.6) is 0 Å². The van der Waals surface area contributed by atoms with Gasteiger partial charge in [-0.15, -0.1) is 0 Å². The van der Waals surface area contributed by atoms with Gasteiger partial charge < -0.3 is 0 Å². The van der Waals surface area contributed by atoms with Crippen molar-refractivity contribution >= 4 is 19.9 Å². The second-order valence-electron chi connectivity index (χ2n) is 5.59. The Hall–Kier alpha value is -0.533. The lowest BCUT2D eigenvalue weighted by atomic mass is 10.0. The van der Waals surface area contributed by atoms with E-state index < -0.39 is 0 Å². The van der Waals surface area contributed by atoms with Crippen LogP contribution >= 0.6 is 11.1 Å². The van der Waals surface area contributed by atoms with Crippen molar-refractivity contribution in [3.05, 3.63) is 47.7 Å². The van der Waals surface area contributed by atoms with Gasteiger partial charge in [-0.2, -0.15) is 11.1 Å². The highest BCUT2D eigenvalue weighted by atomic mass is 35.6. The Kier molecular flexibility index (Phi) is 6.73. The third-order valence-electron chi connectivity index (χ3n) is 4.00. The zero-order valence-corrected chi connectivity index (χ0v) is 13.3. The molecule has 0 fully saturated rings. The normalized spacial score (nSPS) is 21.2. The molecule has 0 amide bonds. The van der Waals surface area contributed by atoms with E-state index in [1.807, 2.05) is 0 Å². The Morgan fingerprint density at radius 1 is 0.947 bits per heavy atom. The molecular weight excluding hydrogens is 268 g/mol. The Morgan fingerprint density at radius 3 is 2.11 bits per heavy atom. The summed E-state index contributed by atoms with van der Waals surface area (Å²) in [6, 6.07) is 0. The van der Waals surface area contributed by atoms with E-state index in [2.05, 4.69) is 42.5 Å². The minimum atomic E-state index is 0.440. The highest BCUT2D eigenvalue weighted by Gasteiger charge is 2.09. The first kappa shape index (κ1) is 14.9. The van der Waals surface area contributed by atoms with Crippen molar-refractivity contribution in [3.8, 4) is 0 Å². The fourth-order valence-corrected chi connectivity index (χ4v) is 3.55. The smallest absolute Gasteiger partial charge is 0.165 e. The lowest BCUT2D eigenvalue weighted by Crippen LogP contribution is -1.94. The molecule has 2 rings (SSSR count). The monoisotopic (exact) mass is 290 g/mol.